The number of benzene rings is 1. The minimum absolute atomic E-state index is 0.0390. The molecule has 0 spiro atoms. The van der Waals surface area contributed by atoms with Crippen LogP contribution in [0.2, 0.25) is 0 Å². The van der Waals surface area contributed by atoms with E-state index in [1.807, 2.05) is 10.8 Å². The summed E-state index contributed by atoms with van der Waals surface area (Å²) in [6.07, 6.45) is 2.44. The van der Waals surface area contributed by atoms with Gasteiger partial charge < -0.3 is 4.74 Å². The number of nitrogens with one attached hydrogen (secondary N) is 2. The topological polar surface area (TPSA) is 110 Å². The van der Waals surface area contributed by atoms with Gasteiger partial charge in [0.25, 0.3) is 10.0 Å². The summed E-state index contributed by atoms with van der Waals surface area (Å²) in [4.78, 5) is 20.2. The molecule has 1 aromatic carbocycles. The van der Waals surface area contributed by atoms with Gasteiger partial charge in [0.05, 0.1) is 12.0 Å². The summed E-state index contributed by atoms with van der Waals surface area (Å²) >= 11 is 0. The first-order chi connectivity index (χ1) is 11.9. The third-order valence-corrected chi connectivity index (χ3v) is 5.30. The molecule has 1 aliphatic rings. The summed E-state index contributed by atoms with van der Waals surface area (Å²) in [7, 11) is -2.54. The van der Waals surface area contributed by atoms with Crippen LogP contribution in [-0.4, -0.2) is 31.5 Å². The molecule has 2 N–H and O–H groups in total. The monoisotopic (exact) mass is 362 g/mol. The quantitative estimate of drug-likeness (QED) is 0.858. The van der Waals surface area contributed by atoms with E-state index >= 15 is 0 Å². The zero-order chi connectivity index (χ0) is 18.0. The van der Waals surface area contributed by atoms with E-state index in [2.05, 4.69) is 15.3 Å². The third kappa shape index (κ3) is 3.71. The summed E-state index contributed by atoms with van der Waals surface area (Å²) in [5.41, 5.74) is 2.36. The zero-order valence-corrected chi connectivity index (χ0v) is 14.7. The van der Waals surface area contributed by atoms with Gasteiger partial charge >= 0.3 is 6.03 Å². The summed E-state index contributed by atoms with van der Waals surface area (Å²) in [6, 6.07) is 5.77. The fourth-order valence-electron chi connectivity index (χ4n) is 2.84. The number of anilines is 1. The number of aromatic nitrogens is 2. The molecular weight excluding hydrogens is 344 g/mol. The van der Waals surface area contributed by atoms with Gasteiger partial charge in [0.15, 0.2) is 0 Å². The molecule has 3 rings (SSSR count). The smallest absolute Gasteiger partial charge is 0.335 e. The molecule has 0 bridgehead atoms. The highest BCUT2D eigenvalue weighted by Crippen LogP contribution is 2.28. The first-order valence-electron chi connectivity index (χ1n) is 7.73. The van der Waals surface area contributed by atoms with Crippen LogP contribution in [0.4, 0.5) is 10.7 Å². The second kappa shape index (κ2) is 6.67. The zero-order valence-electron chi connectivity index (χ0n) is 13.9. The molecule has 25 heavy (non-hydrogen) atoms. The van der Waals surface area contributed by atoms with Crippen molar-refractivity contribution in [3.63, 3.8) is 0 Å². The van der Waals surface area contributed by atoms with Gasteiger partial charge in [-0.1, -0.05) is 12.1 Å². The number of ether oxygens (including phenoxy) is 1. The highest BCUT2D eigenvalue weighted by molar-refractivity contribution is 7.90. The van der Waals surface area contributed by atoms with Crippen LogP contribution in [0, 0.1) is 6.92 Å². The Hall–Kier alpha value is -2.68. The number of carbonyl (C=O) groups is 1. The van der Waals surface area contributed by atoms with Gasteiger partial charge in [0.2, 0.25) is 11.8 Å². The molecule has 0 saturated heterocycles. The van der Waals surface area contributed by atoms with E-state index in [0.29, 0.717) is 12.1 Å². The van der Waals surface area contributed by atoms with Crippen LogP contribution in [0.1, 0.15) is 23.2 Å². The lowest BCUT2D eigenvalue weighted by Crippen LogP contribution is -2.35. The molecule has 0 saturated carbocycles. The van der Waals surface area contributed by atoms with E-state index in [4.69, 9.17) is 4.74 Å². The first-order valence-corrected chi connectivity index (χ1v) is 9.21. The number of amides is 2. The molecule has 2 aromatic rings. The molecule has 9 heteroatoms. The standard InChI is InChI=1S/C16H18N4O4S/c1-10-9-14(24-2)18-15(17-10)19-16(21)20-25(22,23)13-8-4-6-11-5-3-7-12(11)13/h4,6,8-9H,3,5,7H2,1-2H3,(H2,17,18,19,20,21). The maximum atomic E-state index is 12.5. The Labute approximate surface area is 145 Å². The van der Waals surface area contributed by atoms with Gasteiger partial charge in [-0.3, -0.25) is 5.32 Å². The summed E-state index contributed by atoms with van der Waals surface area (Å²) in [5.74, 6) is 0.231. The molecule has 1 aliphatic carbocycles. The van der Waals surface area contributed by atoms with E-state index < -0.39 is 16.1 Å². The predicted molar refractivity (Wildman–Crippen MR) is 91.1 cm³/mol. The molecule has 0 unspecified atom stereocenters. The Balaban J connectivity index is 1.79. The number of hydrogen-bond donors (Lipinski definition) is 2. The van der Waals surface area contributed by atoms with Crippen molar-refractivity contribution in [3.05, 3.63) is 41.1 Å². The van der Waals surface area contributed by atoms with Crippen molar-refractivity contribution in [2.45, 2.75) is 31.1 Å². The lowest BCUT2D eigenvalue weighted by Gasteiger charge is -2.11. The molecule has 1 heterocycles. The molecule has 8 nitrogen and oxygen atoms in total. The van der Waals surface area contributed by atoms with Gasteiger partial charge in [-0.05, 0) is 43.4 Å². The Morgan fingerprint density at radius 1 is 1.24 bits per heavy atom. The number of rotatable bonds is 4. The van der Waals surface area contributed by atoms with Crippen LogP contribution in [0.3, 0.4) is 0 Å². The number of nitrogens with zero attached hydrogens (tertiary/aromatic N) is 2. The summed E-state index contributed by atoms with van der Waals surface area (Å²) in [5, 5.41) is 2.32. The maximum Gasteiger partial charge on any atom is 0.335 e. The van der Waals surface area contributed by atoms with Crippen molar-refractivity contribution in [2.24, 2.45) is 0 Å². The number of carbonyl (C=O) groups excluding carboxylic acids is 1. The largest absolute Gasteiger partial charge is 0.481 e. The Morgan fingerprint density at radius 2 is 2.04 bits per heavy atom. The fraction of sp³-hybridized carbons (Fsp3) is 0.312. The third-order valence-electron chi connectivity index (χ3n) is 3.88. The highest BCUT2D eigenvalue weighted by atomic mass is 32.2. The number of urea groups is 1. The van der Waals surface area contributed by atoms with Crippen LogP contribution < -0.4 is 14.8 Å². The van der Waals surface area contributed by atoms with Crippen molar-refractivity contribution in [1.82, 2.24) is 14.7 Å². The van der Waals surface area contributed by atoms with Crippen molar-refractivity contribution in [3.8, 4) is 5.88 Å². The van der Waals surface area contributed by atoms with Crippen LogP contribution in [0.15, 0.2) is 29.2 Å². The minimum atomic E-state index is -3.98. The Morgan fingerprint density at radius 3 is 2.80 bits per heavy atom. The molecule has 0 fully saturated rings. The number of hydrogen-bond acceptors (Lipinski definition) is 6. The molecule has 0 atom stereocenters. The molecule has 1 aromatic heterocycles. The first kappa shape index (κ1) is 17.2. The van der Waals surface area contributed by atoms with Gasteiger partial charge in [-0.15, -0.1) is 0 Å². The molecule has 0 aliphatic heterocycles. The predicted octanol–water partition coefficient (Wildman–Crippen LogP) is 1.79. The second-order valence-electron chi connectivity index (χ2n) is 5.68. The van der Waals surface area contributed by atoms with E-state index in [1.165, 1.54) is 13.2 Å². The molecule has 2 amide bonds. The number of methoxy groups -OCH3 is 1. The average molecular weight is 362 g/mol. The van der Waals surface area contributed by atoms with Gasteiger partial charge in [-0.2, -0.15) is 4.98 Å². The lowest BCUT2D eigenvalue weighted by atomic mass is 10.1. The van der Waals surface area contributed by atoms with E-state index in [0.717, 1.165) is 24.0 Å². The Bertz CT molecular complexity index is 928. The van der Waals surface area contributed by atoms with Crippen molar-refractivity contribution < 1.29 is 17.9 Å². The van der Waals surface area contributed by atoms with Crippen LogP contribution in [0.5, 0.6) is 5.88 Å². The van der Waals surface area contributed by atoms with Crippen molar-refractivity contribution in [1.29, 1.82) is 0 Å². The SMILES string of the molecule is COc1cc(C)nc(NC(=O)NS(=O)(=O)c2cccc3c2CCC3)n1. The van der Waals surface area contributed by atoms with Gasteiger partial charge in [0, 0.05) is 11.8 Å². The van der Waals surface area contributed by atoms with Gasteiger partial charge in [-0.25, -0.2) is 22.9 Å². The Kier molecular flexibility index (Phi) is 4.58. The number of sulfonamides is 1. The molecule has 0 radical (unpaired) electrons. The summed E-state index contributed by atoms with van der Waals surface area (Å²) in [6.45, 7) is 1.71. The minimum Gasteiger partial charge on any atom is -0.481 e. The van der Waals surface area contributed by atoms with Crippen molar-refractivity contribution >= 4 is 22.0 Å². The van der Waals surface area contributed by atoms with E-state index in [9.17, 15) is 13.2 Å². The number of fused-ring (bicyclic) bond motifs is 1. The van der Waals surface area contributed by atoms with Crippen LogP contribution >= 0.6 is 0 Å². The number of aryl methyl sites for hydroxylation is 2. The average Bonchev–Trinajstić information content (AvgIpc) is 3.01. The van der Waals surface area contributed by atoms with E-state index in [1.54, 1.807) is 19.1 Å². The second-order valence-corrected chi connectivity index (χ2v) is 7.33. The van der Waals surface area contributed by atoms with E-state index in [-0.39, 0.29) is 16.7 Å². The van der Waals surface area contributed by atoms with Crippen LogP contribution in [-0.2, 0) is 22.9 Å². The maximum absolute atomic E-state index is 12.5. The van der Waals surface area contributed by atoms with Gasteiger partial charge in [0.1, 0.15) is 0 Å². The fourth-order valence-corrected chi connectivity index (χ4v) is 4.06. The van der Waals surface area contributed by atoms with Crippen molar-refractivity contribution in [2.75, 3.05) is 12.4 Å². The molecule has 132 valence electrons. The summed E-state index contributed by atoms with van der Waals surface area (Å²) < 4.78 is 32.1. The van der Waals surface area contributed by atoms with Crippen LogP contribution in [0.25, 0.3) is 0 Å². The molecular formula is C16H18N4O4S. The normalized spacial score (nSPS) is 13.2. The highest BCUT2D eigenvalue weighted by Gasteiger charge is 2.25. The lowest BCUT2D eigenvalue weighted by molar-refractivity contribution is 0.256.